The van der Waals surface area contributed by atoms with Crippen LogP contribution in [0.2, 0.25) is 10.0 Å². The second-order valence-electron chi connectivity index (χ2n) is 5.10. The fourth-order valence-electron chi connectivity index (χ4n) is 2.47. The molecule has 1 unspecified atom stereocenters. The molecule has 1 heterocycles. The zero-order valence-electron chi connectivity index (χ0n) is 12.1. The Hall–Kier alpha value is -0.430. The van der Waals surface area contributed by atoms with Crippen molar-refractivity contribution in [3.63, 3.8) is 0 Å². The number of carbonyl (C=O) groups is 1. The molecule has 0 saturated carbocycles. The van der Waals surface area contributed by atoms with Gasteiger partial charge in [0.2, 0.25) is 5.91 Å². The number of rotatable bonds is 5. The van der Waals surface area contributed by atoms with Crippen molar-refractivity contribution >= 4 is 50.7 Å². The van der Waals surface area contributed by atoms with E-state index in [0.29, 0.717) is 23.0 Å². The third kappa shape index (κ3) is 4.54. The summed E-state index contributed by atoms with van der Waals surface area (Å²) in [6, 6.07) is 4.89. The van der Waals surface area contributed by atoms with Gasteiger partial charge in [-0.3, -0.25) is 4.79 Å². The highest BCUT2D eigenvalue weighted by atomic mass is 35.5. The number of amides is 1. The number of thioether (sulfide) groups is 1. The van der Waals surface area contributed by atoms with E-state index in [9.17, 15) is 13.2 Å². The molecular weight excluding hydrogens is 365 g/mol. The van der Waals surface area contributed by atoms with Crippen LogP contribution in [0.15, 0.2) is 23.1 Å². The van der Waals surface area contributed by atoms with Crippen molar-refractivity contribution in [3.8, 4) is 0 Å². The lowest BCUT2D eigenvalue weighted by molar-refractivity contribution is -0.129. The first-order chi connectivity index (χ1) is 10.3. The lowest BCUT2D eigenvalue weighted by Crippen LogP contribution is -2.41. The minimum Gasteiger partial charge on any atom is -0.338 e. The summed E-state index contributed by atoms with van der Waals surface area (Å²) >= 11 is 13.3. The Bertz CT molecular complexity index is 664. The molecule has 22 heavy (non-hydrogen) atoms. The molecule has 1 saturated heterocycles. The van der Waals surface area contributed by atoms with Gasteiger partial charge in [-0.15, -0.1) is 11.8 Å². The number of hydrogen-bond acceptors (Lipinski definition) is 4. The molecule has 8 heteroatoms. The summed E-state index contributed by atoms with van der Waals surface area (Å²) in [7, 11) is -3.00. The molecule has 2 rings (SSSR count). The standard InChI is InChI=1S/C14H17Cl2NO3S2/c1-2-17(11-5-6-22(19,20)9-11)14(18)8-21-13-7-10(15)3-4-12(13)16/h3-4,7,11H,2,5-6,8-9H2,1H3. The van der Waals surface area contributed by atoms with Crippen molar-refractivity contribution in [1.82, 2.24) is 4.90 Å². The van der Waals surface area contributed by atoms with Crippen LogP contribution in [0.1, 0.15) is 13.3 Å². The third-order valence-electron chi connectivity index (χ3n) is 3.55. The molecule has 1 aromatic carbocycles. The summed E-state index contributed by atoms with van der Waals surface area (Å²) in [5.41, 5.74) is 0. The Kier molecular flexibility index (Phi) is 6.05. The smallest absolute Gasteiger partial charge is 0.233 e. The zero-order valence-corrected chi connectivity index (χ0v) is 15.2. The van der Waals surface area contributed by atoms with Crippen LogP contribution in [-0.2, 0) is 14.6 Å². The molecule has 4 nitrogen and oxygen atoms in total. The lowest BCUT2D eigenvalue weighted by Gasteiger charge is -2.26. The topological polar surface area (TPSA) is 54.5 Å². The van der Waals surface area contributed by atoms with Crippen molar-refractivity contribution in [3.05, 3.63) is 28.2 Å². The molecule has 1 aliphatic rings. The summed E-state index contributed by atoms with van der Waals surface area (Å²) < 4.78 is 23.1. The van der Waals surface area contributed by atoms with Gasteiger partial charge in [-0.1, -0.05) is 23.2 Å². The molecule has 0 spiro atoms. The second-order valence-corrected chi connectivity index (χ2v) is 9.19. The number of carbonyl (C=O) groups excluding carboxylic acids is 1. The number of benzene rings is 1. The van der Waals surface area contributed by atoms with E-state index in [1.807, 2.05) is 6.92 Å². The fraction of sp³-hybridized carbons (Fsp3) is 0.500. The molecule has 1 atom stereocenters. The van der Waals surface area contributed by atoms with E-state index in [0.717, 1.165) is 4.90 Å². The van der Waals surface area contributed by atoms with Crippen LogP contribution < -0.4 is 0 Å². The Labute approximate surface area is 145 Å². The molecule has 1 aromatic rings. The quantitative estimate of drug-likeness (QED) is 0.735. The molecular formula is C14H17Cl2NO3S2. The van der Waals surface area contributed by atoms with Crippen LogP contribution in [0, 0.1) is 0 Å². The van der Waals surface area contributed by atoms with Gasteiger partial charge in [0.25, 0.3) is 0 Å². The summed E-state index contributed by atoms with van der Waals surface area (Å²) in [6.07, 6.45) is 0.518. The maximum absolute atomic E-state index is 12.4. The monoisotopic (exact) mass is 381 g/mol. The van der Waals surface area contributed by atoms with E-state index in [2.05, 4.69) is 0 Å². The molecule has 0 radical (unpaired) electrons. The third-order valence-corrected chi connectivity index (χ3v) is 7.02. The van der Waals surface area contributed by atoms with Gasteiger partial charge < -0.3 is 4.90 Å². The van der Waals surface area contributed by atoms with Crippen molar-refractivity contribution < 1.29 is 13.2 Å². The van der Waals surface area contributed by atoms with E-state index in [-0.39, 0.29) is 29.2 Å². The first-order valence-corrected chi connectivity index (χ1v) is 10.5. The number of hydrogen-bond donors (Lipinski definition) is 0. The first kappa shape index (κ1) is 17.9. The lowest BCUT2D eigenvalue weighted by atomic mass is 10.2. The molecule has 1 aliphatic heterocycles. The average Bonchev–Trinajstić information content (AvgIpc) is 2.80. The maximum atomic E-state index is 12.4. The van der Waals surface area contributed by atoms with Crippen molar-refractivity contribution in [2.24, 2.45) is 0 Å². The predicted molar refractivity (Wildman–Crippen MR) is 91.6 cm³/mol. The van der Waals surface area contributed by atoms with Crippen LogP contribution in [-0.4, -0.2) is 49.1 Å². The summed E-state index contributed by atoms with van der Waals surface area (Å²) in [6.45, 7) is 2.36. The van der Waals surface area contributed by atoms with E-state index < -0.39 is 9.84 Å². The Morgan fingerprint density at radius 2 is 2.14 bits per heavy atom. The molecule has 0 N–H and O–H groups in total. The predicted octanol–water partition coefficient (Wildman–Crippen LogP) is 3.12. The number of nitrogens with zero attached hydrogens (tertiary/aromatic N) is 1. The Morgan fingerprint density at radius 3 is 2.73 bits per heavy atom. The van der Waals surface area contributed by atoms with Gasteiger partial charge in [0.1, 0.15) is 0 Å². The minimum absolute atomic E-state index is 0.0647. The highest BCUT2D eigenvalue weighted by molar-refractivity contribution is 8.00. The summed E-state index contributed by atoms with van der Waals surface area (Å²) in [5, 5.41) is 1.11. The SMILES string of the molecule is CCN(C(=O)CSc1cc(Cl)ccc1Cl)C1CCS(=O)(=O)C1. The van der Waals surface area contributed by atoms with Gasteiger partial charge in [-0.05, 0) is 31.5 Å². The van der Waals surface area contributed by atoms with Crippen LogP contribution in [0.5, 0.6) is 0 Å². The first-order valence-electron chi connectivity index (χ1n) is 6.90. The molecule has 122 valence electrons. The van der Waals surface area contributed by atoms with Gasteiger partial charge in [0.15, 0.2) is 9.84 Å². The number of sulfone groups is 1. The Balaban J connectivity index is 1.99. The van der Waals surface area contributed by atoms with Crippen LogP contribution in [0.3, 0.4) is 0 Å². The van der Waals surface area contributed by atoms with E-state index in [4.69, 9.17) is 23.2 Å². The van der Waals surface area contributed by atoms with Crippen molar-refractivity contribution in [1.29, 1.82) is 0 Å². The van der Waals surface area contributed by atoms with Gasteiger partial charge in [0.05, 0.1) is 22.3 Å². The second kappa shape index (κ2) is 7.43. The van der Waals surface area contributed by atoms with E-state index in [1.54, 1.807) is 23.1 Å². The molecule has 0 aliphatic carbocycles. The van der Waals surface area contributed by atoms with Gasteiger partial charge in [-0.25, -0.2) is 8.42 Å². The summed E-state index contributed by atoms with van der Waals surface area (Å²) in [4.78, 5) is 14.8. The van der Waals surface area contributed by atoms with Crippen molar-refractivity contribution in [2.75, 3.05) is 23.8 Å². The molecule has 1 fully saturated rings. The van der Waals surface area contributed by atoms with Gasteiger partial charge >= 0.3 is 0 Å². The molecule has 0 bridgehead atoms. The summed E-state index contributed by atoms with van der Waals surface area (Å²) in [5.74, 6) is 0.361. The van der Waals surface area contributed by atoms with Crippen LogP contribution in [0.25, 0.3) is 0 Å². The highest BCUT2D eigenvalue weighted by Crippen LogP contribution is 2.30. The fourth-order valence-corrected chi connectivity index (χ4v) is 5.58. The van der Waals surface area contributed by atoms with E-state index in [1.165, 1.54) is 11.8 Å². The minimum atomic E-state index is -3.00. The Morgan fingerprint density at radius 1 is 1.41 bits per heavy atom. The number of halogens is 2. The van der Waals surface area contributed by atoms with Crippen LogP contribution >= 0.6 is 35.0 Å². The van der Waals surface area contributed by atoms with Crippen molar-refractivity contribution in [2.45, 2.75) is 24.3 Å². The largest absolute Gasteiger partial charge is 0.338 e. The molecule has 1 amide bonds. The zero-order chi connectivity index (χ0) is 16.3. The van der Waals surface area contributed by atoms with Gasteiger partial charge in [0, 0.05) is 22.5 Å². The highest BCUT2D eigenvalue weighted by Gasteiger charge is 2.33. The average molecular weight is 382 g/mol. The normalized spacial score (nSPS) is 20.0. The molecule has 0 aromatic heterocycles. The maximum Gasteiger partial charge on any atom is 0.233 e. The van der Waals surface area contributed by atoms with Gasteiger partial charge in [-0.2, -0.15) is 0 Å². The van der Waals surface area contributed by atoms with E-state index >= 15 is 0 Å². The van der Waals surface area contributed by atoms with Crippen LogP contribution in [0.4, 0.5) is 0 Å².